The van der Waals surface area contributed by atoms with E-state index in [2.05, 4.69) is 5.32 Å². The number of benzene rings is 2. The molecule has 19 heavy (non-hydrogen) atoms. The maximum atomic E-state index is 13.3. The third-order valence-electron chi connectivity index (χ3n) is 2.89. The van der Waals surface area contributed by atoms with Crippen molar-refractivity contribution < 1.29 is 13.2 Å². The summed E-state index contributed by atoms with van der Waals surface area (Å²) in [5, 5.41) is 2.96. The number of aryl methyl sites for hydroxylation is 1. The largest absolute Gasteiger partial charge is 0.309 e. The highest BCUT2D eigenvalue weighted by Gasteiger charge is 2.04. The lowest BCUT2D eigenvalue weighted by molar-refractivity contribution is 0.567. The van der Waals surface area contributed by atoms with Crippen molar-refractivity contribution in [1.29, 1.82) is 0 Å². The van der Waals surface area contributed by atoms with Crippen LogP contribution in [0.5, 0.6) is 0 Å². The third kappa shape index (κ3) is 3.58. The van der Waals surface area contributed by atoms with Crippen molar-refractivity contribution in [3.05, 3.63) is 70.5 Å². The molecule has 1 N–H and O–H groups in total. The summed E-state index contributed by atoms with van der Waals surface area (Å²) in [7, 11) is 0. The molecule has 2 aromatic carbocycles. The molecule has 4 heteroatoms. The summed E-state index contributed by atoms with van der Waals surface area (Å²) in [5.41, 5.74) is 1.60. The Morgan fingerprint density at radius 2 is 1.68 bits per heavy atom. The van der Waals surface area contributed by atoms with Crippen molar-refractivity contribution in [2.45, 2.75) is 20.0 Å². The second-order valence-electron chi connectivity index (χ2n) is 4.42. The Balaban J connectivity index is 1.96. The SMILES string of the molecule is Cc1ccc(CNCc2cc(F)ccc2F)cc1F. The lowest BCUT2D eigenvalue weighted by Crippen LogP contribution is -2.14. The molecule has 0 saturated heterocycles. The Labute approximate surface area is 110 Å². The Kier molecular flexibility index (Phi) is 4.22. The van der Waals surface area contributed by atoms with Gasteiger partial charge < -0.3 is 5.32 Å². The Morgan fingerprint density at radius 1 is 0.895 bits per heavy atom. The zero-order chi connectivity index (χ0) is 13.8. The van der Waals surface area contributed by atoms with E-state index in [1.54, 1.807) is 19.1 Å². The molecular weight excluding hydrogens is 251 g/mol. The molecule has 0 bridgehead atoms. The highest BCUT2D eigenvalue weighted by atomic mass is 19.1. The van der Waals surface area contributed by atoms with E-state index in [-0.39, 0.29) is 17.9 Å². The first-order valence-corrected chi connectivity index (χ1v) is 5.96. The molecule has 0 radical (unpaired) electrons. The molecule has 0 aliphatic heterocycles. The van der Waals surface area contributed by atoms with Crippen LogP contribution in [0.1, 0.15) is 16.7 Å². The van der Waals surface area contributed by atoms with Crippen molar-refractivity contribution in [2.24, 2.45) is 0 Å². The van der Waals surface area contributed by atoms with Gasteiger partial charge in [0, 0.05) is 18.7 Å². The van der Waals surface area contributed by atoms with Gasteiger partial charge in [-0.2, -0.15) is 0 Å². The molecule has 0 amide bonds. The van der Waals surface area contributed by atoms with Gasteiger partial charge in [0.25, 0.3) is 0 Å². The van der Waals surface area contributed by atoms with E-state index < -0.39 is 11.6 Å². The van der Waals surface area contributed by atoms with Crippen LogP contribution in [0.15, 0.2) is 36.4 Å². The zero-order valence-corrected chi connectivity index (χ0v) is 10.5. The highest BCUT2D eigenvalue weighted by molar-refractivity contribution is 5.23. The molecule has 0 aliphatic rings. The molecule has 0 atom stereocenters. The fourth-order valence-electron chi connectivity index (χ4n) is 1.77. The van der Waals surface area contributed by atoms with Crippen molar-refractivity contribution in [2.75, 3.05) is 0 Å². The van der Waals surface area contributed by atoms with Gasteiger partial charge >= 0.3 is 0 Å². The summed E-state index contributed by atoms with van der Waals surface area (Å²) in [6.45, 7) is 2.28. The molecular formula is C15H14F3N. The monoisotopic (exact) mass is 265 g/mol. The zero-order valence-electron chi connectivity index (χ0n) is 10.5. The summed E-state index contributed by atoms with van der Waals surface area (Å²) in [6.07, 6.45) is 0. The summed E-state index contributed by atoms with van der Waals surface area (Å²) >= 11 is 0. The van der Waals surface area contributed by atoms with Crippen LogP contribution in [0.4, 0.5) is 13.2 Å². The summed E-state index contributed by atoms with van der Waals surface area (Å²) < 4.78 is 39.6. The molecule has 0 saturated carbocycles. The standard InChI is InChI=1S/C15H14F3N/c1-10-2-3-11(6-15(10)18)8-19-9-12-7-13(16)4-5-14(12)17/h2-7,19H,8-9H2,1H3. The summed E-state index contributed by atoms with van der Waals surface area (Å²) in [5.74, 6) is -1.19. The van der Waals surface area contributed by atoms with E-state index in [1.807, 2.05) is 0 Å². The van der Waals surface area contributed by atoms with Crippen LogP contribution in [0.3, 0.4) is 0 Å². The Hall–Kier alpha value is -1.81. The first kappa shape index (κ1) is 13.6. The van der Waals surface area contributed by atoms with E-state index in [1.165, 1.54) is 6.07 Å². The number of hydrogen-bond donors (Lipinski definition) is 1. The minimum absolute atomic E-state index is 0.194. The first-order chi connectivity index (χ1) is 9.06. The van der Waals surface area contributed by atoms with E-state index in [0.717, 1.165) is 23.8 Å². The molecule has 2 aromatic rings. The predicted octanol–water partition coefficient (Wildman–Crippen LogP) is 3.70. The van der Waals surface area contributed by atoms with Crippen LogP contribution in [0.25, 0.3) is 0 Å². The maximum absolute atomic E-state index is 13.3. The average Bonchev–Trinajstić information content (AvgIpc) is 2.38. The average molecular weight is 265 g/mol. The summed E-state index contributed by atoms with van der Waals surface area (Å²) in [6, 6.07) is 8.25. The normalized spacial score (nSPS) is 10.7. The van der Waals surface area contributed by atoms with Crippen molar-refractivity contribution in [1.82, 2.24) is 5.32 Å². The lowest BCUT2D eigenvalue weighted by Gasteiger charge is -2.07. The van der Waals surface area contributed by atoms with Gasteiger partial charge in [-0.1, -0.05) is 12.1 Å². The van der Waals surface area contributed by atoms with Gasteiger partial charge in [0.15, 0.2) is 0 Å². The fraction of sp³-hybridized carbons (Fsp3) is 0.200. The molecule has 0 aromatic heterocycles. The van der Waals surface area contributed by atoms with Crippen LogP contribution in [-0.2, 0) is 13.1 Å². The van der Waals surface area contributed by atoms with E-state index in [4.69, 9.17) is 0 Å². The number of nitrogens with one attached hydrogen (secondary N) is 1. The van der Waals surface area contributed by atoms with Gasteiger partial charge in [0.2, 0.25) is 0 Å². The maximum Gasteiger partial charge on any atom is 0.127 e. The third-order valence-corrected chi connectivity index (χ3v) is 2.89. The molecule has 0 heterocycles. The minimum Gasteiger partial charge on any atom is -0.309 e. The van der Waals surface area contributed by atoms with Crippen molar-refractivity contribution in [3.63, 3.8) is 0 Å². The predicted molar refractivity (Wildman–Crippen MR) is 68.0 cm³/mol. The van der Waals surface area contributed by atoms with Crippen LogP contribution in [-0.4, -0.2) is 0 Å². The lowest BCUT2D eigenvalue weighted by atomic mass is 10.1. The first-order valence-electron chi connectivity index (χ1n) is 5.96. The summed E-state index contributed by atoms with van der Waals surface area (Å²) in [4.78, 5) is 0. The molecule has 0 aliphatic carbocycles. The van der Waals surface area contributed by atoms with Gasteiger partial charge in [-0.25, -0.2) is 13.2 Å². The van der Waals surface area contributed by atoms with Gasteiger partial charge in [-0.15, -0.1) is 0 Å². The van der Waals surface area contributed by atoms with E-state index in [9.17, 15) is 13.2 Å². The van der Waals surface area contributed by atoms with Gasteiger partial charge in [-0.3, -0.25) is 0 Å². The van der Waals surface area contributed by atoms with Crippen LogP contribution in [0, 0.1) is 24.4 Å². The highest BCUT2D eigenvalue weighted by Crippen LogP contribution is 2.11. The molecule has 2 rings (SSSR count). The van der Waals surface area contributed by atoms with E-state index >= 15 is 0 Å². The molecule has 1 nitrogen and oxygen atoms in total. The second-order valence-corrected chi connectivity index (χ2v) is 4.42. The van der Waals surface area contributed by atoms with Gasteiger partial charge in [-0.05, 0) is 42.3 Å². The second kappa shape index (κ2) is 5.89. The minimum atomic E-state index is -0.473. The molecule has 0 fully saturated rings. The molecule has 100 valence electrons. The van der Waals surface area contributed by atoms with Crippen LogP contribution >= 0.6 is 0 Å². The van der Waals surface area contributed by atoms with Gasteiger partial charge in [0.05, 0.1) is 0 Å². The Bertz CT molecular complexity index is 582. The van der Waals surface area contributed by atoms with Crippen molar-refractivity contribution in [3.8, 4) is 0 Å². The fourth-order valence-corrected chi connectivity index (χ4v) is 1.77. The number of rotatable bonds is 4. The number of halogens is 3. The number of hydrogen-bond acceptors (Lipinski definition) is 1. The van der Waals surface area contributed by atoms with Crippen LogP contribution in [0.2, 0.25) is 0 Å². The molecule has 0 spiro atoms. The molecule has 0 unspecified atom stereocenters. The van der Waals surface area contributed by atoms with E-state index in [0.29, 0.717) is 12.1 Å². The quantitative estimate of drug-likeness (QED) is 0.888. The topological polar surface area (TPSA) is 12.0 Å². The smallest absolute Gasteiger partial charge is 0.127 e. The van der Waals surface area contributed by atoms with Crippen molar-refractivity contribution >= 4 is 0 Å². The van der Waals surface area contributed by atoms with Crippen LogP contribution < -0.4 is 5.32 Å². The van der Waals surface area contributed by atoms with Gasteiger partial charge in [0.1, 0.15) is 17.5 Å². The Morgan fingerprint density at radius 3 is 2.42 bits per heavy atom.